The Hall–Kier alpha value is -2.89. The maximum absolute atomic E-state index is 9.87. The SMILES string of the molecule is Cc1cc2c(cc1O)/C(=N/OCc1ccc3nonc3c1)CC2. The Morgan fingerprint density at radius 3 is 2.96 bits per heavy atom. The summed E-state index contributed by atoms with van der Waals surface area (Å²) in [7, 11) is 0. The van der Waals surface area contributed by atoms with Gasteiger partial charge in [0.1, 0.15) is 23.4 Å². The van der Waals surface area contributed by atoms with Crippen molar-refractivity contribution in [3.05, 3.63) is 52.6 Å². The van der Waals surface area contributed by atoms with E-state index in [1.807, 2.05) is 31.2 Å². The standard InChI is InChI=1S/C17H15N3O3/c1-10-6-12-3-5-14(13(12)8-17(10)21)18-22-9-11-2-4-15-16(7-11)20-23-19-15/h2,4,6-8,21H,3,5,9H2,1H3/b18-14+. The summed E-state index contributed by atoms with van der Waals surface area (Å²) in [5, 5.41) is 21.7. The molecule has 0 radical (unpaired) electrons. The monoisotopic (exact) mass is 309 g/mol. The summed E-state index contributed by atoms with van der Waals surface area (Å²) in [4.78, 5) is 5.48. The molecule has 4 rings (SSSR count). The number of hydrogen-bond acceptors (Lipinski definition) is 6. The number of phenols is 1. The Morgan fingerprint density at radius 2 is 2.04 bits per heavy atom. The lowest BCUT2D eigenvalue weighted by Crippen LogP contribution is -1.97. The molecule has 0 saturated carbocycles. The molecule has 0 fully saturated rings. The van der Waals surface area contributed by atoms with Crippen LogP contribution in [-0.2, 0) is 17.9 Å². The molecule has 0 saturated heterocycles. The largest absolute Gasteiger partial charge is 0.508 e. The zero-order chi connectivity index (χ0) is 15.8. The Bertz CT molecular complexity index is 915. The molecule has 0 spiro atoms. The van der Waals surface area contributed by atoms with Gasteiger partial charge in [-0.25, -0.2) is 4.63 Å². The second-order valence-electron chi connectivity index (χ2n) is 5.69. The summed E-state index contributed by atoms with van der Waals surface area (Å²) >= 11 is 0. The van der Waals surface area contributed by atoms with Crippen LogP contribution in [0.5, 0.6) is 5.75 Å². The second-order valence-corrected chi connectivity index (χ2v) is 5.69. The van der Waals surface area contributed by atoms with Crippen LogP contribution in [0.4, 0.5) is 0 Å². The zero-order valence-corrected chi connectivity index (χ0v) is 12.6. The van der Waals surface area contributed by atoms with Crippen LogP contribution >= 0.6 is 0 Å². The Labute approximate surface area is 132 Å². The van der Waals surface area contributed by atoms with E-state index in [1.165, 1.54) is 5.56 Å². The molecule has 2 aromatic carbocycles. The van der Waals surface area contributed by atoms with Crippen molar-refractivity contribution in [2.24, 2.45) is 5.16 Å². The summed E-state index contributed by atoms with van der Waals surface area (Å²) in [5.74, 6) is 0.294. The molecule has 6 nitrogen and oxygen atoms in total. The van der Waals surface area contributed by atoms with E-state index in [2.05, 4.69) is 20.1 Å². The van der Waals surface area contributed by atoms with E-state index in [0.717, 1.165) is 40.8 Å². The third-order valence-electron chi connectivity index (χ3n) is 4.09. The van der Waals surface area contributed by atoms with Crippen molar-refractivity contribution >= 4 is 16.7 Å². The summed E-state index contributed by atoms with van der Waals surface area (Å²) in [6, 6.07) is 9.39. The molecule has 1 N–H and O–H groups in total. The molecular formula is C17H15N3O3. The van der Waals surface area contributed by atoms with E-state index in [-0.39, 0.29) is 0 Å². The van der Waals surface area contributed by atoms with Crippen LogP contribution < -0.4 is 0 Å². The van der Waals surface area contributed by atoms with Crippen molar-refractivity contribution in [2.45, 2.75) is 26.4 Å². The van der Waals surface area contributed by atoms with Crippen LogP contribution in [0.3, 0.4) is 0 Å². The predicted molar refractivity (Wildman–Crippen MR) is 84.3 cm³/mol. The van der Waals surface area contributed by atoms with Gasteiger partial charge in [-0.2, -0.15) is 0 Å². The first-order chi connectivity index (χ1) is 11.2. The topological polar surface area (TPSA) is 80.7 Å². The second kappa shape index (κ2) is 5.39. The van der Waals surface area contributed by atoms with Gasteiger partial charge in [0.25, 0.3) is 0 Å². The van der Waals surface area contributed by atoms with E-state index in [1.54, 1.807) is 6.07 Å². The highest BCUT2D eigenvalue weighted by Gasteiger charge is 2.20. The highest BCUT2D eigenvalue weighted by Crippen LogP contribution is 2.29. The molecule has 0 aliphatic heterocycles. The van der Waals surface area contributed by atoms with Crippen LogP contribution in [0.25, 0.3) is 11.0 Å². The van der Waals surface area contributed by atoms with Crippen molar-refractivity contribution < 1.29 is 14.6 Å². The Balaban J connectivity index is 1.51. The predicted octanol–water partition coefficient (Wildman–Crippen LogP) is 3.10. The number of fused-ring (bicyclic) bond motifs is 2. The molecule has 1 aromatic heterocycles. The molecule has 116 valence electrons. The molecule has 23 heavy (non-hydrogen) atoms. The van der Waals surface area contributed by atoms with Gasteiger partial charge in [0.05, 0.1) is 5.71 Å². The normalized spacial score (nSPS) is 15.3. The molecule has 1 heterocycles. The Kier molecular flexibility index (Phi) is 3.22. The van der Waals surface area contributed by atoms with Gasteiger partial charge >= 0.3 is 0 Å². The van der Waals surface area contributed by atoms with Crippen molar-refractivity contribution in [1.29, 1.82) is 0 Å². The number of aryl methyl sites for hydroxylation is 2. The average Bonchev–Trinajstić information content (AvgIpc) is 3.15. The van der Waals surface area contributed by atoms with Gasteiger partial charge in [-0.05, 0) is 65.0 Å². The van der Waals surface area contributed by atoms with Crippen LogP contribution in [0.2, 0.25) is 0 Å². The van der Waals surface area contributed by atoms with Gasteiger partial charge in [-0.3, -0.25) is 0 Å². The fourth-order valence-corrected chi connectivity index (χ4v) is 2.82. The maximum atomic E-state index is 9.87. The number of nitrogens with zero attached hydrogens (tertiary/aromatic N) is 3. The molecule has 0 amide bonds. The molecule has 1 aliphatic rings. The van der Waals surface area contributed by atoms with Crippen molar-refractivity contribution in [3.63, 3.8) is 0 Å². The molecule has 0 atom stereocenters. The van der Waals surface area contributed by atoms with Gasteiger partial charge < -0.3 is 9.94 Å². The van der Waals surface area contributed by atoms with Crippen LogP contribution in [-0.4, -0.2) is 21.1 Å². The number of aromatic nitrogens is 2. The van der Waals surface area contributed by atoms with Gasteiger partial charge in [-0.1, -0.05) is 17.3 Å². The fourth-order valence-electron chi connectivity index (χ4n) is 2.82. The number of phenolic OH excluding ortho intramolecular Hbond substituents is 1. The lowest BCUT2D eigenvalue weighted by atomic mass is 10.1. The minimum atomic E-state index is 0.294. The number of aromatic hydroxyl groups is 1. The first-order valence-electron chi connectivity index (χ1n) is 7.43. The first-order valence-corrected chi connectivity index (χ1v) is 7.43. The third-order valence-corrected chi connectivity index (χ3v) is 4.09. The third kappa shape index (κ3) is 2.52. The van der Waals surface area contributed by atoms with E-state index in [9.17, 15) is 5.11 Å². The lowest BCUT2D eigenvalue weighted by molar-refractivity contribution is 0.130. The molecule has 0 unspecified atom stereocenters. The van der Waals surface area contributed by atoms with E-state index >= 15 is 0 Å². The molecule has 1 aliphatic carbocycles. The van der Waals surface area contributed by atoms with Crippen molar-refractivity contribution in [2.75, 3.05) is 0 Å². The molecule has 0 bridgehead atoms. The average molecular weight is 309 g/mol. The van der Waals surface area contributed by atoms with Crippen LogP contribution in [0.15, 0.2) is 40.1 Å². The van der Waals surface area contributed by atoms with Gasteiger partial charge in [-0.15, -0.1) is 0 Å². The number of benzene rings is 2. The summed E-state index contributed by atoms with van der Waals surface area (Å²) < 4.78 is 4.67. The highest BCUT2D eigenvalue weighted by molar-refractivity contribution is 6.04. The van der Waals surface area contributed by atoms with Crippen molar-refractivity contribution in [1.82, 2.24) is 10.3 Å². The minimum Gasteiger partial charge on any atom is -0.508 e. The highest BCUT2D eigenvalue weighted by atomic mass is 16.6. The quantitative estimate of drug-likeness (QED) is 0.752. The van der Waals surface area contributed by atoms with Gasteiger partial charge in [0.2, 0.25) is 0 Å². The molecular weight excluding hydrogens is 294 g/mol. The lowest BCUT2D eigenvalue weighted by Gasteiger charge is -2.05. The first kappa shape index (κ1) is 13.8. The molecule has 6 heteroatoms. The smallest absolute Gasteiger partial charge is 0.142 e. The summed E-state index contributed by atoms with van der Waals surface area (Å²) in [6.45, 7) is 2.25. The Morgan fingerprint density at radius 1 is 1.17 bits per heavy atom. The van der Waals surface area contributed by atoms with E-state index in [0.29, 0.717) is 17.9 Å². The summed E-state index contributed by atoms with van der Waals surface area (Å²) in [6.07, 6.45) is 1.75. The van der Waals surface area contributed by atoms with Crippen LogP contribution in [0.1, 0.15) is 28.7 Å². The maximum Gasteiger partial charge on any atom is 0.142 e. The van der Waals surface area contributed by atoms with Crippen LogP contribution in [0, 0.1) is 6.92 Å². The van der Waals surface area contributed by atoms with Gasteiger partial charge in [0, 0.05) is 5.56 Å². The summed E-state index contributed by atoms with van der Waals surface area (Å²) in [5.41, 5.74) is 6.31. The minimum absolute atomic E-state index is 0.294. The number of hydrogen-bond donors (Lipinski definition) is 1. The van der Waals surface area contributed by atoms with E-state index < -0.39 is 0 Å². The fraction of sp³-hybridized carbons (Fsp3) is 0.235. The number of rotatable bonds is 3. The van der Waals surface area contributed by atoms with E-state index in [4.69, 9.17) is 4.84 Å². The van der Waals surface area contributed by atoms with Gasteiger partial charge in [0.15, 0.2) is 0 Å². The zero-order valence-electron chi connectivity index (χ0n) is 12.6. The van der Waals surface area contributed by atoms with Crippen molar-refractivity contribution in [3.8, 4) is 5.75 Å². The molecule has 3 aromatic rings. The number of oxime groups is 1.